The number of ether oxygens (including phenoxy) is 2. The van der Waals surface area contributed by atoms with Crippen LogP contribution < -0.4 is 5.73 Å². The van der Waals surface area contributed by atoms with Crippen LogP contribution >= 0.6 is 0 Å². The molecule has 21 heavy (non-hydrogen) atoms. The molecular formula is C10H14N4O7. The number of amides is 1. The molecule has 0 radical (unpaired) electrons. The van der Waals surface area contributed by atoms with Crippen LogP contribution in [0.2, 0.25) is 0 Å². The Morgan fingerprint density at radius 2 is 2.14 bits per heavy atom. The number of rotatable bonds is 5. The quantitative estimate of drug-likeness (QED) is 0.403. The van der Waals surface area contributed by atoms with Gasteiger partial charge in [0.15, 0.2) is 6.23 Å². The third-order valence-electron chi connectivity index (χ3n) is 2.86. The Balaban J connectivity index is 2.04. The third-order valence-corrected chi connectivity index (χ3v) is 2.86. The Kier molecular flexibility index (Phi) is 4.47. The van der Waals surface area contributed by atoms with Gasteiger partial charge in [0.05, 0.1) is 0 Å². The summed E-state index contributed by atoms with van der Waals surface area (Å²) in [7, 11) is 0. The van der Waals surface area contributed by atoms with E-state index in [0.717, 1.165) is 11.0 Å². The van der Waals surface area contributed by atoms with Gasteiger partial charge in [0.25, 0.3) is 5.91 Å². The first-order valence-corrected chi connectivity index (χ1v) is 5.93. The van der Waals surface area contributed by atoms with Crippen LogP contribution in [0.4, 0.5) is 0 Å². The zero-order valence-corrected chi connectivity index (χ0v) is 10.7. The van der Waals surface area contributed by atoms with Gasteiger partial charge in [-0.2, -0.15) is 0 Å². The van der Waals surface area contributed by atoms with E-state index in [0.29, 0.717) is 0 Å². The predicted molar refractivity (Wildman–Crippen MR) is 62.5 cm³/mol. The van der Waals surface area contributed by atoms with Crippen LogP contribution in [-0.2, 0) is 14.3 Å². The summed E-state index contributed by atoms with van der Waals surface area (Å²) in [5.74, 6) is -2.01. The van der Waals surface area contributed by atoms with Crippen molar-refractivity contribution in [2.75, 3.05) is 13.2 Å². The lowest BCUT2D eigenvalue weighted by Crippen LogP contribution is -2.34. The molecule has 1 aromatic rings. The highest BCUT2D eigenvalue weighted by Gasteiger charge is 2.44. The van der Waals surface area contributed by atoms with Gasteiger partial charge in [-0.05, 0) is 0 Å². The summed E-state index contributed by atoms with van der Waals surface area (Å²) in [4.78, 5) is 25.4. The lowest BCUT2D eigenvalue weighted by atomic mass is 10.1. The fourth-order valence-corrected chi connectivity index (χ4v) is 1.82. The van der Waals surface area contributed by atoms with Gasteiger partial charge >= 0.3 is 5.97 Å². The molecule has 0 bridgehead atoms. The van der Waals surface area contributed by atoms with Gasteiger partial charge in [0.1, 0.15) is 37.9 Å². The number of carbonyl (C=O) groups excluding carboxylic acids is 2. The van der Waals surface area contributed by atoms with Gasteiger partial charge < -0.3 is 30.5 Å². The highest BCUT2D eigenvalue weighted by molar-refractivity contribution is 5.88. The van der Waals surface area contributed by atoms with Crippen LogP contribution in [0.3, 0.4) is 0 Å². The Labute approximate surface area is 117 Å². The molecule has 2 rings (SSSR count). The molecule has 1 fully saturated rings. The molecule has 0 aliphatic carbocycles. The smallest absolute Gasteiger partial charge is 0.331 e. The van der Waals surface area contributed by atoms with Gasteiger partial charge in [0, 0.05) is 0 Å². The fraction of sp³-hybridized carbons (Fsp3) is 0.600. The SMILES string of the molecule is NC(=O)c1ncn(C2OC(COC(=O)CO)C(O)[C@H]2O)n1. The topological polar surface area (TPSA) is 170 Å². The van der Waals surface area contributed by atoms with Crippen molar-refractivity contribution in [1.82, 2.24) is 14.8 Å². The van der Waals surface area contributed by atoms with Crippen molar-refractivity contribution in [3.63, 3.8) is 0 Å². The monoisotopic (exact) mass is 302 g/mol. The summed E-state index contributed by atoms with van der Waals surface area (Å²) in [6, 6.07) is 0. The highest BCUT2D eigenvalue weighted by Crippen LogP contribution is 2.28. The number of hydrogen-bond donors (Lipinski definition) is 4. The van der Waals surface area contributed by atoms with Gasteiger partial charge in [-0.3, -0.25) is 4.79 Å². The standard InChI is InChI=1S/C10H14N4O7/c11-8(19)9-12-3-14(13-9)10-7(18)6(17)4(21-10)2-20-5(16)1-15/h3-4,6-7,10,15,17-18H,1-2H2,(H2,11,19)/t4?,6?,7-,10?/m1/s1. The maximum Gasteiger partial charge on any atom is 0.331 e. The Morgan fingerprint density at radius 1 is 1.43 bits per heavy atom. The van der Waals surface area contributed by atoms with E-state index in [1.165, 1.54) is 0 Å². The third kappa shape index (κ3) is 3.16. The lowest BCUT2D eigenvalue weighted by molar-refractivity contribution is -0.153. The highest BCUT2D eigenvalue weighted by atomic mass is 16.6. The molecule has 0 aromatic carbocycles. The maximum atomic E-state index is 10.9. The van der Waals surface area contributed by atoms with Crippen LogP contribution in [0.1, 0.15) is 16.8 Å². The molecule has 3 unspecified atom stereocenters. The summed E-state index contributed by atoms with van der Waals surface area (Å²) in [6.07, 6.45) is -3.73. The van der Waals surface area contributed by atoms with E-state index in [2.05, 4.69) is 14.8 Å². The average Bonchev–Trinajstić information content (AvgIpc) is 3.04. The summed E-state index contributed by atoms with van der Waals surface area (Å²) in [5, 5.41) is 31.9. The average molecular weight is 302 g/mol. The molecule has 1 aliphatic heterocycles. The minimum atomic E-state index is -1.37. The summed E-state index contributed by atoms with van der Waals surface area (Å²) >= 11 is 0. The van der Waals surface area contributed by atoms with Gasteiger partial charge in [-0.25, -0.2) is 14.5 Å². The number of aliphatic hydroxyl groups excluding tert-OH is 3. The zero-order chi connectivity index (χ0) is 15.6. The molecule has 1 aliphatic rings. The fourth-order valence-electron chi connectivity index (χ4n) is 1.82. The molecule has 5 N–H and O–H groups in total. The van der Waals surface area contributed by atoms with Crippen LogP contribution in [0.5, 0.6) is 0 Å². The molecule has 1 saturated heterocycles. The van der Waals surface area contributed by atoms with Crippen LogP contribution in [0, 0.1) is 0 Å². The molecular weight excluding hydrogens is 288 g/mol. The molecule has 2 heterocycles. The number of esters is 1. The summed E-state index contributed by atoms with van der Waals surface area (Å²) in [5.41, 5.74) is 5.00. The van der Waals surface area contributed by atoms with E-state index in [4.69, 9.17) is 15.6 Å². The lowest BCUT2D eigenvalue weighted by Gasteiger charge is -2.14. The van der Waals surface area contributed by atoms with E-state index in [1.807, 2.05) is 0 Å². The van der Waals surface area contributed by atoms with Crippen molar-refractivity contribution >= 4 is 11.9 Å². The number of primary amides is 1. The molecule has 1 aromatic heterocycles. The van der Waals surface area contributed by atoms with E-state index in [9.17, 15) is 19.8 Å². The van der Waals surface area contributed by atoms with Crippen molar-refractivity contribution in [3.8, 4) is 0 Å². The van der Waals surface area contributed by atoms with Gasteiger partial charge in [0.2, 0.25) is 5.82 Å². The van der Waals surface area contributed by atoms with E-state index in [1.54, 1.807) is 0 Å². The number of nitrogens with zero attached hydrogens (tertiary/aromatic N) is 3. The van der Waals surface area contributed by atoms with Crippen molar-refractivity contribution < 1.29 is 34.4 Å². The van der Waals surface area contributed by atoms with Crippen molar-refractivity contribution in [3.05, 3.63) is 12.2 Å². The number of carbonyl (C=O) groups is 2. The molecule has 11 heteroatoms. The second kappa shape index (κ2) is 6.13. The largest absolute Gasteiger partial charge is 0.461 e. The number of hydrogen-bond acceptors (Lipinski definition) is 9. The number of aliphatic hydroxyl groups is 3. The second-order valence-corrected chi connectivity index (χ2v) is 4.30. The molecule has 4 atom stereocenters. The number of nitrogens with two attached hydrogens (primary N) is 1. The maximum absolute atomic E-state index is 10.9. The van der Waals surface area contributed by atoms with E-state index >= 15 is 0 Å². The van der Waals surface area contributed by atoms with Gasteiger partial charge in [-0.15, -0.1) is 5.10 Å². The summed E-state index contributed by atoms with van der Waals surface area (Å²) in [6.45, 7) is -1.16. The normalized spacial score (nSPS) is 28.5. The van der Waals surface area contributed by atoms with Crippen molar-refractivity contribution in [2.24, 2.45) is 5.73 Å². The molecule has 116 valence electrons. The van der Waals surface area contributed by atoms with Crippen molar-refractivity contribution in [2.45, 2.75) is 24.5 Å². The second-order valence-electron chi connectivity index (χ2n) is 4.30. The van der Waals surface area contributed by atoms with Crippen LogP contribution in [-0.4, -0.2) is 73.5 Å². The minimum absolute atomic E-state index is 0.268. The molecule has 1 amide bonds. The molecule has 0 spiro atoms. The Bertz CT molecular complexity index is 533. The predicted octanol–water partition coefficient (Wildman–Crippen LogP) is -3.47. The first-order valence-electron chi connectivity index (χ1n) is 5.93. The van der Waals surface area contributed by atoms with Crippen LogP contribution in [0.25, 0.3) is 0 Å². The zero-order valence-electron chi connectivity index (χ0n) is 10.7. The summed E-state index contributed by atoms with van der Waals surface area (Å²) < 4.78 is 11.0. The van der Waals surface area contributed by atoms with Crippen molar-refractivity contribution in [1.29, 1.82) is 0 Å². The number of aromatic nitrogens is 3. The molecule has 11 nitrogen and oxygen atoms in total. The van der Waals surface area contributed by atoms with Gasteiger partial charge in [-0.1, -0.05) is 0 Å². The van der Waals surface area contributed by atoms with Crippen LogP contribution in [0.15, 0.2) is 6.33 Å². The Morgan fingerprint density at radius 3 is 2.71 bits per heavy atom. The minimum Gasteiger partial charge on any atom is -0.461 e. The Hall–Kier alpha value is -2.08. The molecule has 0 saturated carbocycles. The van der Waals surface area contributed by atoms with E-state index in [-0.39, 0.29) is 12.4 Å². The first-order chi connectivity index (χ1) is 9.93. The first kappa shape index (κ1) is 15.3. The van der Waals surface area contributed by atoms with E-state index < -0.39 is 43.0 Å².